The van der Waals surface area contributed by atoms with Crippen LogP contribution in [-0.4, -0.2) is 33.5 Å². The van der Waals surface area contributed by atoms with E-state index >= 15 is 0 Å². The summed E-state index contributed by atoms with van der Waals surface area (Å²) in [4.78, 5) is 0. The van der Waals surface area contributed by atoms with Crippen molar-refractivity contribution in [1.82, 2.24) is 4.31 Å². The molecule has 0 atom stereocenters. The lowest BCUT2D eigenvalue weighted by Gasteiger charge is -2.39. The second-order valence-electron chi connectivity index (χ2n) is 7.70. The quantitative estimate of drug-likeness (QED) is 0.783. The lowest BCUT2D eigenvalue weighted by atomic mass is 9.79. The number of sulfonamides is 1. The molecule has 2 aromatic carbocycles. The van der Waals surface area contributed by atoms with E-state index < -0.39 is 10.0 Å². The van der Waals surface area contributed by atoms with E-state index in [0.717, 1.165) is 22.3 Å². The second-order valence-corrected chi connectivity index (χ2v) is 9.67. The maximum absolute atomic E-state index is 13.2. The van der Waals surface area contributed by atoms with Crippen LogP contribution in [0.15, 0.2) is 36.4 Å². The van der Waals surface area contributed by atoms with Gasteiger partial charge in [-0.3, -0.25) is 0 Å². The Hall–Kier alpha value is -2.05. The highest BCUT2D eigenvalue weighted by molar-refractivity contribution is 7.88. The molecule has 0 radical (unpaired) electrons. The molecule has 1 heterocycles. The van der Waals surface area contributed by atoms with Gasteiger partial charge in [-0.05, 0) is 41.3 Å². The van der Waals surface area contributed by atoms with Gasteiger partial charge in [0, 0.05) is 18.5 Å². The van der Waals surface area contributed by atoms with Gasteiger partial charge in [0.25, 0.3) is 0 Å². The number of hydrogen-bond acceptors (Lipinski definition) is 4. The molecule has 27 heavy (non-hydrogen) atoms. The summed E-state index contributed by atoms with van der Waals surface area (Å²) in [5.74, 6) is 1.30. The van der Waals surface area contributed by atoms with Gasteiger partial charge in [-0.1, -0.05) is 38.1 Å². The smallest absolute Gasteiger partial charge is 0.218 e. The molecular weight excluding hydrogens is 362 g/mol. The van der Waals surface area contributed by atoms with E-state index in [0.29, 0.717) is 24.6 Å². The van der Waals surface area contributed by atoms with Crippen molar-refractivity contribution < 1.29 is 17.9 Å². The molecule has 146 valence electrons. The molecule has 0 aromatic heterocycles. The maximum atomic E-state index is 13.2. The molecular formula is C21H27NO4S. The molecule has 0 saturated carbocycles. The number of nitrogens with zero attached hydrogens (tertiary/aromatic N) is 1. The summed E-state index contributed by atoms with van der Waals surface area (Å²) >= 11 is 0. The van der Waals surface area contributed by atoms with E-state index in [9.17, 15) is 8.42 Å². The standard InChI is InChI=1S/C21H27NO4S/c1-15-8-6-7-9-16(15)13-27(23,24)22-12-17-10-19(25-4)20(26-5)11-18(17)21(2,3)14-22/h6-11H,12-14H2,1-5H3. The number of aryl methyl sites for hydroxylation is 1. The van der Waals surface area contributed by atoms with E-state index in [1.165, 1.54) is 0 Å². The lowest BCUT2D eigenvalue weighted by Crippen LogP contribution is -2.45. The van der Waals surface area contributed by atoms with E-state index in [1.807, 2.05) is 43.3 Å². The van der Waals surface area contributed by atoms with Crippen LogP contribution >= 0.6 is 0 Å². The highest BCUT2D eigenvalue weighted by Gasteiger charge is 2.38. The van der Waals surface area contributed by atoms with Crippen molar-refractivity contribution in [3.63, 3.8) is 0 Å². The van der Waals surface area contributed by atoms with E-state index in [2.05, 4.69) is 13.8 Å². The van der Waals surface area contributed by atoms with Crippen molar-refractivity contribution in [3.8, 4) is 11.5 Å². The molecule has 1 aliphatic heterocycles. The van der Waals surface area contributed by atoms with E-state index in [-0.39, 0.29) is 11.2 Å². The number of methoxy groups -OCH3 is 2. The molecule has 0 N–H and O–H groups in total. The first kappa shape index (κ1) is 19.7. The Kier molecular flexibility index (Phi) is 5.23. The lowest BCUT2D eigenvalue weighted by molar-refractivity contribution is 0.294. The summed E-state index contributed by atoms with van der Waals surface area (Å²) in [6.07, 6.45) is 0. The van der Waals surface area contributed by atoms with Crippen LogP contribution in [0.2, 0.25) is 0 Å². The Morgan fingerprint density at radius 3 is 2.33 bits per heavy atom. The van der Waals surface area contributed by atoms with Gasteiger partial charge in [0.15, 0.2) is 11.5 Å². The zero-order chi connectivity index (χ0) is 19.8. The van der Waals surface area contributed by atoms with Crippen LogP contribution in [0.1, 0.15) is 36.1 Å². The fraction of sp³-hybridized carbons (Fsp3) is 0.429. The Labute approximate surface area is 162 Å². The Balaban J connectivity index is 1.97. The zero-order valence-electron chi connectivity index (χ0n) is 16.6. The van der Waals surface area contributed by atoms with Crippen LogP contribution in [0.5, 0.6) is 11.5 Å². The number of benzene rings is 2. The minimum Gasteiger partial charge on any atom is -0.493 e. The number of ether oxygens (including phenoxy) is 2. The molecule has 1 aliphatic rings. The van der Waals surface area contributed by atoms with Gasteiger partial charge in [-0.25, -0.2) is 8.42 Å². The average Bonchev–Trinajstić information content (AvgIpc) is 2.61. The molecule has 0 spiro atoms. The first-order valence-corrected chi connectivity index (χ1v) is 10.6. The molecule has 5 nitrogen and oxygen atoms in total. The summed E-state index contributed by atoms with van der Waals surface area (Å²) in [5, 5.41) is 0. The third-order valence-electron chi connectivity index (χ3n) is 5.25. The van der Waals surface area contributed by atoms with Crippen LogP contribution in [0.3, 0.4) is 0 Å². The predicted molar refractivity (Wildman–Crippen MR) is 107 cm³/mol. The molecule has 0 unspecified atom stereocenters. The summed E-state index contributed by atoms with van der Waals surface area (Å²) in [5.41, 5.74) is 3.56. The Morgan fingerprint density at radius 1 is 1.07 bits per heavy atom. The van der Waals surface area contributed by atoms with Gasteiger partial charge in [0.1, 0.15) is 0 Å². The van der Waals surface area contributed by atoms with Crippen LogP contribution in [0.4, 0.5) is 0 Å². The SMILES string of the molecule is COc1cc2c(cc1OC)C(C)(C)CN(S(=O)(=O)Cc1ccccc1C)C2. The largest absolute Gasteiger partial charge is 0.493 e. The predicted octanol–water partition coefficient (Wildman–Crippen LogP) is 3.64. The summed E-state index contributed by atoms with van der Waals surface area (Å²) in [6, 6.07) is 11.5. The molecule has 0 amide bonds. The highest BCUT2D eigenvalue weighted by atomic mass is 32.2. The molecule has 0 aliphatic carbocycles. The third-order valence-corrected chi connectivity index (χ3v) is 6.97. The van der Waals surface area contributed by atoms with Crippen LogP contribution in [0, 0.1) is 6.92 Å². The van der Waals surface area contributed by atoms with Crippen LogP contribution in [0.25, 0.3) is 0 Å². The van der Waals surface area contributed by atoms with Gasteiger partial charge in [-0.15, -0.1) is 0 Å². The molecule has 6 heteroatoms. The Morgan fingerprint density at radius 2 is 1.70 bits per heavy atom. The number of hydrogen-bond donors (Lipinski definition) is 0. The van der Waals surface area contributed by atoms with Gasteiger partial charge < -0.3 is 9.47 Å². The summed E-state index contributed by atoms with van der Waals surface area (Å²) in [6.45, 7) is 6.84. The van der Waals surface area contributed by atoms with Crippen molar-refractivity contribution >= 4 is 10.0 Å². The average molecular weight is 390 g/mol. The van der Waals surface area contributed by atoms with Crippen LogP contribution in [-0.2, 0) is 27.7 Å². The summed E-state index contributed by atoms with van der Waals surface area (Å²) < 4.78 is 38.7. The third kappa shape index (κ3) is 3.82. The fourth-order valence-corrected chi connectivity index (χ4v) is 5.47. The topological polar surface area (TPSA) is 55.8 Å². The van der Waals surface area contributed by atoms with Crippen LogP contribution < -0.4 is 9.47 Å². The van der Waals surface area contributed by atoms with Crippen molar-refractivity contribution in [1.29, 1.82) is 0 Å². The van der Waals surface area contributed by atoms with Crippen molar-refractivity contribution in [3.05, 3.63) is 58.7 Å². The van der Waals surface area contributed by atoms with Gasteiger partial charge in [0.2, 0.25) is 10.0 Å². The minimum absolute atomic E-state index is 0.0123. The van der Waals surface area contributed by atoms with Crippen molar-refractivity contribution in [2.24, 2.45) is 0 Å². The first-order chi connectivity index (χ1) is 12.7. The fourth-order valence-electron chi connectivity index (χ4n) is 3.71. The molecule has 3 rings (SSSR count). The summed E-state index contributed by atoms with van der Waals surface area (Å²) in [7, 11) is -0.248. The zero-order valence-corrected chi connectivity index (χ0v) is 17.4. The highest BCUT2D eigenvalue weighted by Crippen LogP contribution is 2.41. The van der Waals surface area contributed by atoms with Crippen molar-refractivity contribution in [2.75, 3.05) is 20.8 Å². The molecule has 0 bridgehead atoms. The second kappa shape index (κ2) is 7.17. The van der Waals surface area contributed by atoms with Gasteiger partial charge in [0.05, 0.1) is 20.0 Å². The van der Waals surface area contributed by atoms with E-state index in [4.69, 9.17) is 9.47 Å². The van der Waals surface area contributed by atoms with Gasteiger partial charge >= 0.3 is 0 Å². The van der Waals surface area contributed by atoms with E-state index in [1.54, 1.807) is 18.5 Å². The number of rotatable bonds is 5. The van der Waals surface area contributed by atoms with Gasteiger partial charge in [-0.2, -0.15) is 4.31 Å². The Bertz CT molecular complexity index is 951. The molecule has 2 aromatic rings. The maximum Gasteiger partial charge on any atom is 0.218 e. The normalized spacial score (nSPS) is 16.6. The molecule has 0 saturated heterocycles. The first-order valence-electron chi connectivity index (χ1n) is 8.95. The minimum atomic E-state index is -3.45. The molecule has 0 fully saturated rings. The monoisotopic (exact) mass is 389 g/mol. The van der Waals surface area contributed by atoms with Crippen molar-refractivity contribution in [2.45, 2.75) is 38.5 Å². The number of fused-ring (bicyclic) bond motifs is 1.